The number of aliphatic hydroxyl groups is 1. The Morgan fingerprint density at radius 1 is 0.920 bits per heavy atom. The van der Waals surface area contributed by atoms with Gasteiger partial charge in [0, 0.05) is 44.5 Å². The van der Waals surface area contributed by atoms with Crippen LogP contribution in [0.1, 0.15) is 24.0 Å². The zero-order valence-electron chi connectivity index (χ0n) is 14.2. The fraction of sp³-hybridized carbons (Fsp3) is 0.400. The van der Waals surface area contributed by atoms with Crippen LogP contribution in [-0.2, 0) is 13.1 Å². The zero-order valence-corrected chi connectivity index (χ0v) is 14.2. The van der Waals surface area contributed by atoms with Crippen LogP contribution in [0.2, 0.25) is 0 Å². The molecule has 3 rings (SSSR count). The van der Waals surface area contributed by atoms with Crippen LogP contribution in [0.3, 0.4) is 0 Å². The molecule has 0 atom stereocenters. The molecule has 0 bridgehead atoms. The molecule has 1 aliphatic heterocycles. The van der Waals surface area contributed by atoms with Crippen LogP contribution in [0.4, 0.5) is 14.5 Å². The normalized spacial score (nSPS) is 15.6. The number of rotatable bonds is 6. The lowest BCUT2D eigenvalue weighted by atomic mass is 9.97. The lowest BCUT2D eigenvalue weighted by Gasteiger charge is -2.33. The van der Waals surface area contributed by atoms with E-state index in [-0.39, 0.29) is 6.61 Å². The van der Waals surface area contributed by atoms with E-state index < -0.39 is 11.6 Å². The van der Waals surface area contributed by atoms with Gasteiger partial charge in [0.15, 0.2) is 0 Å². The molecule has 1 saturated heterocycles. The minimum atomic E-state index is -0.550. The van der Waals surface area contributed by atoms with Crippen molar-refractivity contribution in [1.29, 1.82) is 0 Å². The molecule has 0 radical (unpaired) electrons. The molecule has 0 aromatic heterocycles. The van der Waals surface area contributed by atoms with E-state index in [2.05, 4.69) is 34.5 Å². The maximum Gasteiger partial charge on any atom is 0.126 e. The number of hydrogen-bond donors (Lipinski definition) is 2. The third-order valence-electron chi connectivity index (χ3n) is 4.75. The topological polar surface area (TPSA) is 35.5 Å². The maximum absolute atomic E-state index is 13.2. The first kappa shape index (κ1) is 17.8. The second-order valence-electron chi connectivity index (χ2n) is 6.66. The Bertz CT molecular complexity index is 662. The summed E-state index contributed by atoms with van der Waals surface area (Å²) in [6, 6.07) is 11.9. The number of nitrogens with one attached hydrogen (secondary N) is 1. The SMILES string of the molecule is OCC1CCN(c2ccc(CNCc3cc(F)cc(F)c3)cc2)CC1. The number of anilines is 1. The van der Waals surface area contributed by atoms with Gasteiger partial charge in [-0.05, 0) is 54.2 Å². The lowest BCUT2D eigenvalue weighted by molar-refractivity contribution is 0.203. The molecule has 25 heavy (non-hydrogen) atoms. The first-order valence-corrected chi connectivity index (χ1v) is 8.74. The Balaban J connectivity index is 1.49. The van der Waals surface area contributed by atoms with Crippen molar-refractivity contribution in [3.05, 3.63) is 65.2 Å². The quantitative estimate of drug-likeness (QED) is 0.841. The molecule has 0 unspecified atom stereocenters. The van der Waals surface area contributed by atoms with Gasteiger partial charge in [0.1, 0.15) is 11.6 Å². The van der Waals surface area contributed by atoms with Crippen LogP contribution < -0.4 is 10.2 Å². The molecule has 2 aromatic carbocycles. The van der Waals surface area contributed by atoms with Gasteiger partial charge in [0.05, 0.1) is 0 Å². The highest BCUT2D eigenvalue weighted by atomic mass is 19.1. The van der Waals surface area contributed by atoms with Gasteiger partial charge in [-0.15, -0.1) is 0 Å². The van der Waals surface area contributed by atoms with E-state index in [1.807, 2.05) is 0 Å². The number of hydrogen-bond acceptors (Lipinski definition) is 3. The molecule has 0 aliphatic carbocycles. The minimum absolute atomic E-state index is 0.285. The Morgan fingerprint density at radius 3 is 2.12 bits per heavy atom. The molecular formula is C20H24F2N2O. The van der Waals surface area contributed by atoms with Crippen LogP contribution in [0, 0.1) is 17.6 Å². The fourth-order valence-corrected chi connectivity index (χ4v) is 3.26. The molecule has 0 amide bonds. The summed E-state index contributed by atoms with van der Waals surface area (Å²) in [5, 5.41) is 12.4. The van der Waals surface area contributed by atoms with Crippen molar-refractivity contribution < 1.29 is 13.9 Å². The minimum Gasteiger partial charge on any atom is -0.396 e. The number of aliphatic hydroxyl groups excluding tert-OH is 1. The van der Waals surface area contributed by atoms with E-state index in [1.54, 1.807) is 0 Å². The van der Waals surface area contributed by atoms with Crippen LogP contribution in [-0.4, -0.2) is 24.8 Å². The van der Waals surface area contributed by atoms with E-state index in [0.29, 0.717) is 24.6 Å². The zero-order chi connectivity index (χ0) is 17.6. The Kier molecular flexibility index (Phi) is 6.00. The first-order valence-electron chi connectivity index (χ1n) is 8.74. The summed E-state index contributed by atoms with van der Waals surface area (Å²) in [5.41, 5.74) is 2.93. The Hall–Kier alpha value is -1.98. The van der Waals surface area contributed by atoms with Crippen molar-refractivity contribution >= 4 is 5.69 Å². The van der Waals surface area contributed by atoms with E-state index >= 15 is 0 Å². The van der Waals surface area contributed by atoms with Gasteiger partial charge in [-0.1, -0.05) is 12.1 Å². The first-order chi connectivity index (χ1) is 12.1. The predicted octanol–water partition coefficient (Wildman–Crippen LogP) is 3.46. The van der Waals surface area contributed by atoms with Crippen LogP contribution in [0.5, 0.6) is 0 Å². The van der Waals surface area contributed by atoms with Gasteiger partial charge in [-0.25, -0.2) is 8.78 Å². The van der Waals surface area contributed by atoms with Crippen molar-refractivity contribution in [2.75, 3.05) is 24.6 Å². The van der Waals surface area contributed by atoms with Gasteiger partial charge in [-0.3, -0.25) is 0 Å². The van der Waals surface area contributed by atoms with Crippen LogP contribution in [0.25, 0.3) is 0 Å². The van der Waals surface area contributed by atoms with Crippen molar-refractivity contribution in [2.45, 2.75) is 25.9 Å². The number of halogens is 2. The van der Waals surface area contributed by atoms with Gasteiger partial charge in [0.25, 0.3) is 0 Å². The summed E-state index contributed by atoms with van der Waals surface area (Å²) >= 11 is 0. The second-order valence-corrected chi connectivity index (χ2v) is 6.66. The largest absolute Gasteiger partial charge is 0.396 e. The van der Waals surface area contributed by atoms with Crippen molar-refractivity contribution in [3.63, 3.8) is 0 Å². The second kappa shape index (κ2) is 8.41. The molecule has 1 fully saturated rings. The number of piperidine rings is 1. The number of nitrogens with zero attached hydrogens (tertiary/aromatic N) is 1. The van der Waals surface area contributed by atoms with Crippen molar-refractivity contribution in [3.8, 4) is 0 Å². The molecule has 5 heteroatoms. The van der Waals surface area contributed by atoms with Gasteiger partial charge >= 0.3 is 0 Å². The maximum atomic E-state index is 13.2. The Labute approximate surface area is 147 Å². The summed E-state index contributed by atoms with van der Waals surface area (Å²) in [5.74, 6) is -0.662. The van der Waals surface area contributed by atoms with Gasteiger partial charge in [-0.2, -0.15) is 0 Å². The summed E-state index contributed by atoms with van der Waals surface area (Å²) in [6.07, 6.45) is 2.06. The van der Waals surface area contributed by atoms with E-state index in [0.717, 1.165) is 37.6 Å². The molecule has 1 aliphatic rings. The summed E-state index contributed by atoms with van der Waals surface area (Å²) in [4.78, 5) is 2.35. The highest BCUT2D eigenvalue weighted by Gasteiger charge is 2.18. The molecule has 2 N–H and O–H groups in total. The fourth-order valence-electron chi connectivity index (χ4n) is 3.26. The van der Waals surface area contributed by atoms with E-state index in [1.165, 1.54) is 17.8 Å². The van der Waals surface area contributed by atoms with Gasteiger partial charge in [0.2, 0.25) is 0 Å². The molecule has 3 nitrogen and oxygen atoms in total. The van der Waals surface area contributed by atoms with E-state index in [9.17, 15) is 13.9 Å². The van der Waals surface area contributed by atoms with E-state index in [4.69, 9.17) is 0 Å². The predicted molar refractivity (Wildman–Crippen MR) is 95.4 cm³/mol. The Morgan fingerprint density at radius 2 is 1.52 bits per heavy atom. The third-order valence-corrected chi connectivity index (χ3v) is 4.75. The molecule has 1 heterocycles. The lowest BCUT2D eigenvalue weighted by Crippen LogP contribution is -2.34. The van der Waals surface area contributed by atoms with Crippen LogP contribution >= 0.6 is 0 Å². The summed E-state index contributed by atoms with van der Waals surface area (Å²) in [7, 11) is 0. The highest BCUT2D eigenvalue weighted by molar-refractivity contribution is 5.48. The van der Waals surface area contributed by atoms with Gasteiger partial charge < -0.3 is 15.3 Å². The number of benzene rings is 2. The molecule has 2 aromatic rings. The summed E-state index contributed by atoms with van der Waals surface area (Å²) < 4.78 is 26.3. The third kappa shape index (κ3) is 5.00. The highest BCUT2D eigenvalue weighted by Crippen LogP contribution is 2.23. The molecule has 0 spiro atoms. The van der Waals surface area contributed by atoms with Crippen molar-refractivity contribution in [1.82, 2.24) is 5.32 Å². The molecule has 0 saturated carbocycles. The average molecular weight is 346 g/mol. The molecular weight excluding hydrogens is 322 g/mol. The smallest absolute Gasteiger partial charge is 0.126 e. The summed E-state index contributed by atoms with van der Waals surface area (Å²) in [6.45, 7) is 3.31. The standard InChI is InChI=1S/C20H24F2N2O/c21-18-9-17(10-19(22)11-18)13-23-12-15-1-3-20(4-2-15)24-7-5-16(14-25)6-8-24/h1-4,9-11,16,23,25H,5-8,12-14H2. The monoisotopic (exact) mass is 346 g/mol. The van der Waals surface area contributed by atoms with Crippen LogP contribution in [0.15, 0.2) is 42.5 Å². The average Bonchev–Trinajstić information content (AvgIpc) is 2.62. The molecule has 134 valence electrons. The van der Waals surface area contributed by atoms with Crippen molar-refractivity contribution in [2.24, 2.45) is 5.92 Å².